The van der Waals surface area contributed by atoms with E-state index >= 15 is 0 Å². The molecule has 0 aliphatic rings. The molecular weight excluding hydrogens is 401 g/mol. The zero-order chi connectivity index (χ0) is 21.4. The summed E-state index contributed by atoms with van der Waals surface area (Å²) in [5, 5.41) is 15.4. The van der Waals surface area contributed by atoms with Gasteiger partial charge in [0.15, 0.2) is 6.33 Å². The van der Waals surface area contributed by atoms with Gasteiger partial charge >= 0.3 is 150 Å². The van der Waals surface area contributed by atoms with E-state index < -0.39 is 7.26 Å². The fraction of sp³-hybridized carbons (Fsp3) is 0. The Hall–Kier alpha value is -3.82. The van der Waals surface area contributed by atoms with Crippen molar-refractivity contribution in [2.45, 2.75) is 0 Å². The summed E-state index contributed by atoms with van der Waals surface area (Å²) in [4.78, 5) is 1.03. The van der Waals surface area contributed by atoms with Crippen molar-refractivity contribution < 1.29 is 0 Å². The van der Waals surface area contributed by atoms with Gasteiger partial charge in [-0.2, -0.15) is 0 Å². The summed E-state index contributed by atoms with van der Waals surface area (Å²) in [6.45, 7) is 0. The second kappa shape index (κ2) is 9.79. The topological polar surface area (TPSA) is 69.6 Å². The Balaban J connectivity index is 0.000000334. The molecule has 5 rings (SSSR count). The Morgan fingerprint density at radius 2 is 0.839 bits per heavy atom. The van der Waals surface area contributed by atoms with Crippen molar-refractivity contribution in [3.8, 4) is 0 Å². The van der Waals surface area contributed by atoms with Gasteiger partial charge in [-0.1, -0.05) is 0 Å². The van der Waals surface area contributed by atoms with Crippen molar-refractivity contribution >= 4 is 28.5 Å². The molecule has 0 bridgehead atoms. The van der Waals surface area contributed by atoms with Gasteiger partial charge in [0.1, 0.15) is 0 Å². The molecule has 1 aromatic heterocycles. The number of benzene rings is 4. The van der Waals surface area contributed by atoms with Crippen LogP contribution in [0.25, 0.3) is 0 Å². The van der Waals surface area contributed by atoms with E-state index in [2.05, 4.69) is 137 Å². The van der Waals surface area contributed by atoms with Crippen molar-refractivity contribution in [3.63, 3.8) is 0 Å². The molecule has 0 saturated heterocycles. The van der Waals surface area contributed by atoms with Crippen LogP contribution in [0.1, 0.15) is 0 Å². The van der Waals surface area contributed by atoms with Crippen LogP contribution < -0.4 is 27.1 Å². The number of tetrazole rings is 1. The molecule has 0 spiro atoms. The van der Waals surface area contributed by atoms with E-state index in [1.165, 1.54) is 27.5 Å². The molecule has 2 N–H and O–H groups in total. The summed E-state index contributed by atoms with van der Waals surface area (Å²) in [5.74, 6) is 4.96. The van der Waals surface area contributed by atoms with Gasteiger partial charge in [-0.15, -0.1) is 9.89 Å². The SMILES string of the molecule is Nn1cnnn1.c1ccc([PH](c2ccccc2)(c2ccccc2)c2ccccc2)cc1. The van der Waals surface area contributed by atoms with Crippen molar-refractivity contribution in [1.29, 1.82) is 0 Å². The van der Waals surface area contributed by atoms with E-state index in [0.29, 0.717) is 0 Å². The van der Waals surface area contributed by atoms with E-state index in [4.69, 9.17) is 5.84 Å². The van der Waals surface area contributed by atoms with Crippen LogP contribution in [0.3, 0.4) is 0 Å². The average Bonchev–Trinajstić information content (AvgIpc) is 3.34. The summed E-state index contributed by atoms with van der Waals surface area (Å²) in [5.41, 5.74) is 0. The number of hydrogen-bond acceptors (Lipinski definition) is 4. The van der Waals surface area contributed by atoms with E-state index in [1.54, 1.807) is 0 Å². The number of nitrogen functional groups attached to an aromatic ring is 1. The summed E-state index contributed by atoms with van der Waals surface area (Å²) in [6, 6.07) is 44.0. The molecule has 0 unspecified atom stereocenters. The molecule has 5 nitrogen and oxygen atoms in total. The van der Waals surface area contributed by atoms with Gasteiger partial charge in [0.2, 0.25) is 0 Å². The molecule has 0 saturated carbocycles. The Labute approximate surface area is 182 Å². The molecular formula is C25H24N5P. The van der Waals surface area contributed by atoms with Crippen LogP contribution in [0, 0.1) is 0 Å². The third-order valence-electron chi connectivity index (χ3n) is 5.19. The Morgan fingerprint density at radius 1 is 0.516 bits per heavy atom. The maximum atomic E-state index is 4.96. The predicted molar refractivity (Wildman–Crippen MR) is 131 cm³/mol. The van der Waals surface area contributed by atoms with Crippen LogP contribution in [0.5, 0.6) is 0 Å². The first-order chi connectivity index (χ1) is 15.3. The molecule has 31 heavy (non-hydrogen) atoms. The van der Waals surface area contributed by atoms with E-state index in [1.807, 2.05) is 0 Å². The second-order valence-corrected chi connectivity index (χ2v) is 10.8. The first-order valence-corrected chi connectivity index (χ1v) is 12.0. The molecule has 154 valence electrons. The van der Waals surface area contributed by atoms with Gasteiger partial charge < -0.3 is 5.84 Å². The van der Waals surface area contributed by atoms with Crippen LogP contribution in [0.2, 0.25) is 0 Å². The van der Waals surface area contributed by atoms with Crippen molar-refractivity contribution in [2.24, 2.45) is 0 Å². The fourth-order valence-corrected chi connectivity index (χ4v) is 8.69. The van der Waals surface area contributed by atoms with Gasteiger partial charge in [0, 0.05) is 0 Å². The third kappa shape index (κ3) is 4.37. The number of nitrogens with zero attached hydrogens (tertiary/aromatic N) is 4. The van der Waals surface area contributed by atoms with Gasteiger partial charge in [-0.05, 0) is 10.4 Å². The zero-order valence-corrected chi connectivity index (χ0v) is 18.0. The molecule has 1 heterocycles. The molecule has 0 aliphatic carbocycles. The molecule has 0 radical (unpaired) electrons. The van der Waals surface area contributed by atoms with Crippen molar-refractivity contribution in [2.75, 3.05) is 5.84 Å². The quantitative estimate of drug-likeness (QED) is 0.355. The summed E-state index contributed by atoms with van der Waals surface area (Å²) in [7, 11) is -2.30. The molecule has 0 amide bonds. The second-order valence-electron chi connectivity index (χ2n) is 7.00. The van der Waals surface area contributed by atoms with Gasteiger partial charge in [-0.25, -0.2) is 0 Å². The number of nitrogens with two attached hydrogens (primary N) is 1. The zero-order valence-electron chi connectivity index (χ0n) is 17.0. The Bertz CT molecular complexity index is 1000. The third-order valence-corrected chi connectivity index (χ3v) is 9.99. The number of rotatable bonds is 4. The minimum atomic E-state index is -2.30. The van der Waals surface area contributed by atoms with Crippen LogP contribution in [-0.4, -0.2) is 20.3 Å². The molecule has 6 heteroatoms. The standard InChI is InChI=1S/C24H21P.CH3N5/c1-5-13-21(14-6-1)25(22-15-7-2-8-16-22,23-17-9-3-10-18-23)24-19-11-4-12-20-24;2-6-1-3-4-5-6/h1-20,25H;1H,2H2. The molecule has 0 atom stereocenters. The molecule has 0 aliphatic heterocycles. The number of hydrogen-bond donors (Lipinski definition) is 1. The van der Waals surface area contributed by atoms with E-state index in [9.17, 15) is 0 Å². The van der Waals surface area contributed by atoms with Gasteiger partial charge in [0.05, 0.1) is 0 Å². The van der Waals surface area contributed by atoms with E-state index in [-0.39, 0.29) is 0 Å². The molecule has 0 fully saturated rings. The Morgan fingerprint density at radius 3 is 1.03 bits per heavy atom. The van der Waals surface area contributed by atoms with Crippen LogP contribution in [0.4, 0.5) is 0 Å². The average molecular weight is 425 g/mol. The predicted octanol–water partition coefficient (Wildman–Crippen LogP) is 2.43. The normalized spacial score (nSPS) is 11.2. The van der Waals surface area contributed by atoms with Gasteiger partial charge in [0.25, 0.3) is 0 Å². The minimum absolute atomic E-state index is 1.03. The summed E-state index contributed by atoms with van der Waals surface area (Å²) in [6.07, 6.45) is 1.31. The summed E-state index contributed by atoms with van der Waals surface area (Å²) < 4.78 is 0. The first-order valence-electron chi connectivity index (χ1n) is 10.0. The number of aromatic nitrogens is 4. The maximum absolute atomic E-state index is 4.96. The van der Waals surface area contributed by atoms with Crippen molar-refractivity contribution in [3.05, 3.63) is 128 Å². The monoisotopic (exact) mass is 425 g/mol. The van der Waals surface area contributed by atoms with Crippen LogP contribution in [0.15, 0.2) is 128 Å². The molecule has 5 aromatic rings. The first kappa shape index (κ1) is 20.5. The fourth-order valence-electron chi connectivity index (χ4n) is 3.92. The van der Waals surface area contributed by atoms with Gasteiger partial charge in [-0.3, -0.25) is 0 Å². The van der Waals surface area contributed by atoms with E-state index in [0.717, 1.165) is 4.79 Å². The Kier molecular flexibility index (Phi) is 6.46. The molecule has 4 aromatic carbocycles. The van der Waals surface area contributed by atoms with Crippen LogP contribution >= 0.6 is 7.26 Å². The van der Waals surface area contributed by atoms with Crippen molar-refractivity contribution in [1.82, 2.24) is 20.3 Å². The van der Waals surface area contributed by atoms with Crippen LogP contribution in [-0.2, 0) is 0 Å². The summed E-state index contributed by atoms with van der Waals surface area (Å²) >= 11 is 0.